The number of carbonyl (C=O) groups excluding carboxylic acids is 1. The van der Waals surface area contributed by atoms with E-state index >= 15 is 0 Å². The molecule has 0 unspecified atom stereocenters. The Labute approximate surface area is 205 Å². The highest BCUT2D eigenvalue weighted by molar-refractivity contribution is 5.93. The summed E-state index contributed by atoms with van der Waals surface area (Å²) in [4.78, 5) is 20.6. The molecule has 0 saturated carbocycles. The maximum absolute atomic E-state index is 14.3. The van der Waals surface area contributed by atoms with Gasteiger partial charge >= 0.3 is 0 Å². The lowest BCUT2D eigenvalue weighted by Gasteiger charge is -2.23. The summed E-state index contributed by atoms with van der Waals surface area (Å²) >= 11 is 0. The van der Waals surface area contributed by atoms with Crippen LogP contribution in [0, 0.1) is 30.2 Å². The fraction of sp³-hybridized carbons (Fsp3) is 0.240. The molecule has 7 nitrogen and oxygen atoms in total. The number of aryl methyl sites for hydroxylation is 2. The number of nitrogens with zero attached hydrogens (tertiary/aromatic N) is 6. The Kier molecular flexibility index (Phi) is 6.82. The summed E-state index contributed by atoms with van der Waals surface area (Å²) in [6.07, 6.45) is 3.15. The average molecular weight is 501 g/mol. The second kappa shape index (κ2) is 9.84. The number of aromatic nitrogens is 4. The van der Waals surface area contributed by atoms with Crippen LogP contribution in [-0.2, 0) is 20.1 Å². The van der Waals surface area contributed by atoms with E-state index in [9.17, 15) is 22.4 Å². The monoisotopic (exact) mass is 500 g/mol. The molecule has 11 heteroatoms. The lowest BCUT2D eigenvalue weighted by molar-refractivity contribution is 0.0777. The molecule has 4 rings (SSSR count). The Morgan fingerprint density at radius 3 is 2.28 bits per heavy atom. The van der Waals surface area contributed by atoms with Crippen LogP contribution in [0.5, 0.6) is 0 Å². The summed E-state index contributed by atoms with van der Waals surface area (Å²) in [6, 6.07) is 6.92. The standard InChI is InChI=1S/C25H24F4N6O/c1-15-16(13-34(4)31-15)12-32(2)24(36)22-11-30-25(35(22)18-7-5-17(26)6-8-18)33(3)14-19-20(27)9-10-21(28)23(19)29/h5-11,13H,12,14H2,1-4H3. The van der Waals surface area contributed by atoms with E-state index < -0.39 is 34.7 Å². The van der Waals surface area contributed by atoms with Crippen molar-refractivity contribution >= 4 is 11.9 Å². The summed E-state index contributed by atoms with van der Waals surface area (Å²) in [5.74, 6) is -4.11. The number of benzene rings is 2. The van der Waals surface area contributed by atoms with Crippen LogP contribution in [0.15, 0.2) is 48.8 Å². The fourth-order valence-electron chi connectivity index (χ4n) is 3.96. The highest BCUT2D eigenvalue weighted by Crippen LogP contribution is 2.26. The van der Waals surface area contributed by atoms with Crippen molar-refractivity contribution in [2.75, 3.05) is 19.0 Å². The smallest absolute Gasteiger partial charge is 0.272 e. The van der Waals surface area contributed by atoms with Crippen LogP contribution in [0.2, 0.25) is 0 Å². The molecule has 188 valence electrons. The van der Waals surface area contributed by atoms with Gasteiger partial charge in [-0.15, -0.1) is 0 Å². The summed E-state index contributed by atoms with van der Waals surface area (Å²) in [7, 11) is 4.91. The number of hydrogen-bond acceptors (Lipinski definition) is 4. The molecular weight excluding hydrogens is 476 g/mol. The first-order valence-corrected chi connectivity index (χ1v) is 11.0. The third kappa shape index (κ3) is 4.81. The molecule has 0 atom stereocenters. The molecule has 0 N–H and O–H groups in total. The summed E-state index contributed by atoms with van der Waals surface area (Å²) < 4.78 is 59.1. The third-order valence-corrected chi connectivity index (χ3v) is 5.79. The lowest BCUT2D eigenvalue weighted by atomic mass is 10.2. The number of amides is 1. The second-order valence-corrected chi connectivity index (χ2v) is 8.51. The Morgan fingerprint density at radius 2 is 1.64 bits per heavy atom. The predicted molar refractivity (Wildman–Crippen MR) is 126 cm³/mol. The van der Waals surface area contributed by atoms with E-state index in [0.29, 0.717) is 11.8 Å². The number of imidazole rings is 1. The molecule has 0 radical (unpaired) electrons. The van der Waals surface area contributed by atoms with Crippen molar-refractivity contribution in [2.45, 2.75) is 20.0 Å². The van der Waals surface area contributed by atoms with Gasteiger partial charge in [0.2, 0.25) is 5.95 Å². The molecule has 0 aliphatic rings. The van der Waals surface area contributed by atoms with Crippen molar-refractivity contribution < 1.29 is 22.4 Å². The van der Waals surface area contributed by atoms with Gasteiger partial charge in [0, 0.05) is 50.7 Å². The highest BCUT2D eigenvalue weighted by Gasteiger charge is 2.25. The van der Waals surface area contributed by atoms with Crippen molar-refractivity contribution in [3.63, 3.8) is 0 Å². The molecule has 36 heavy (non-hydrogen) atoms. The topological polar surface area (TPSA) is 59.2 Å². The predicted octanol–water partition coefficient (Wildman–Crippen LogP) is 4.38. The lowest BCUT2D eigenvalue weighted by Crippen LogP contribution is -2.29. The van der Waals surface area contributed by atoms with Crippen molar-refractivity contribution in [3.8, 4) is 5.69 Å². The molecule has 2 heterocycles. The van der Waals surface area contributed by atoms with Gasteiger partial charge in [0.05, 0.1) is 18.4 Å². The Balaban J connectivity index is 1.72. The van der Waals surface area contributed by atoms with Crippen molar-refractivity contribution in [1.82, 2.24) is 24.2 Å². The molecule has 0 spiro atoms. The summed E-state index contributed by atoms with van der Waals surface area (Å²) in [5, 5.41) is 4.29. The van der Waals surface area contributed by atoms with E-state index in [0.717, 1.165) is 17.3 Å². The first kappa shape index (κ1) is 25.0. The Morgan fingerprint density at radius 1 is 0.972 bits per heavy atom. The van der Waals surface area contributed by atoms with Gasteiger partial charge in [0.1, 0.15) is 17.3 Å². The first-order chi connectivity index (χ1) is 17.1. The number of halogens is 4. The number of hydrogen-bond donors (Lipinski definition) is 0. The highest BCUT2D eigenvalue weighted by atomic mass is 19.2. The SMILES string of the molecule is Cc1nn(C)cc1CN(C)C(=O)c1cnc(N(C)Cc2c(F)ccc(F)c2F)n1-c1ccc(F)cc1. The van der Waals surface area contributed by atoms with E-state index in [1.807, 2.05) is 13.1 Å². The average Bonchev–Trinajstić information content (AvgIpc) is 3.42. The summed E-state index contributed by atoms with van der Waals surface area (Å²) in [6.45, 7) is 1.75. The van der Waals surface area contributed by atoms with Crippen molar-refractivity contribution in [2.24, 2.45) is 7.05 Å². The summed E-state index contributed by atoms with van der Waals surface area (Å²) in [5.41, 5.74) is 1.71. The molecule has 2 aromatic heterocycles. The molecule has 1 amide bonds. The molecule has 0 aliphatic carbocycles. The Hall–Kier alpha value is -4.15. The first-order valence-electron chi connectivity index (χ1n) is 11.0. The minimum atomic E-state index is -1.30. The molecule has 2 aromatic carbocycles. The maximum atomic E-state index is 14.3. The fourth-order valence-corrected chi connectivity index (χ4v) is 3.96. The van der Waals surface area contributed by atoms with Crippen LogP contribution in [-0.4, -0.2) is 44.2 Å². The molecular formula is C25H24F4N6O. The molecule has 0 bridgehead atoms. The normalized spacial score (nSPS) is 11.1. The van der Waals surface area contributed by atoms with Gasteiger partial charge in [-0.25, -0.2) is 22.5 Å². The van der Waals surface area contributed by atoms with Gasteiger partial charge in [-0.1, -0.05) is 0 Å². The van der Waals surface area contributed by atoms with Crippen molar-refractivity contribution in [1.29, 1.82) is 0 Å². The van der Waals surface area contributed by atoms with Crippen molar-refractivity contribution in [3.05, 3.63) is 94.6 Å². The van der Waals surface area contributed by atoms with Crippen LogP contribution in [0.4, 0.5) is 23.5 Å². The molecule has 0 saturated heterocycles. The maximum Gasteiger partial charge on any atom is 0.272 e. The number of anilines is 1. The van der Waals surface area contributed by atoms with Gasteiger partial charge in [-0.2, -0.15) is 5.10 Å². The van der Waals surface area contributed by atoms with E-state index in [1.165, 1.54) is 51.9 Å². The number of rotatable bonds is 7. The minimum Gasteiger partial charge on any atom is -0.340 e. The van der Waals surface area contributed by atoms with Crippen LogP contribution in [0.1, 0.15) is 27.3 Å². The Bertz CT molecular complexity index is 1410. The van der Waals surface area contributed by atoms with Gasteiger partial charge in [0.25, 0.3) is 5.91 Å². The van der Waals surface area contributed by atoms with Gasteiger partial charge < -0.3 is 9.80 Å². The second-order valence-electron chi connectivity index (χ2n) is 8.51. The van der Waals surface area contributed by atoms with E-state index in [4.69, 9.17) is 0 Å². The van der Waals surface area contributed by atoms with E-state index in [-0.39, 0.29) is 24.7 Å². The molecule has 0 aliphatic heterocycles. The van der Waals surface area contributed by atoms with Gasteiger partial charge in [-0.3, -0.25) is 14.0 Å². The molecule has 0 fully saturated rings. The largest absolute Gasteiger partial charge is 0.340 e. The van der Waals surface area contributed by atoms with Crippen LogP contribution >= 0.6 is 0 Å². The van der Waals surface area contributed by atoms with Crippen LogP contribution in [0.3, 0.4) is 0 Å². The number of carbonyl (C=O) groups is 1. The zero-order valence-corrected chi connectivity index (χ0v) is 20.1. The van der Waals surface area contributed by atoms with E-state index in [2.05, 4.69) is 10.1 Å². The van der Waals surface area contributed by atoms with Gasteiger partial charge in [-0.05, 0) is 43.3 Å². The zero-order valence-electron chi connectivity index (χ0n) is 20.1. The zero-order chi connectivity index (χ0) is 26.1. The van der Waals surface area contributed by atoms with E-state index in [1.54, 1.807) is 18.8 Å². The minimum absolute atomic E-state index is 0.146. The van der Waals surface area contributed by atoms with Crippen LogP contribution in [0.25, 0.3) is 5.69 Å². The quantitative estimate of drug-likeness (QED) is 0.279. The van der Waals surface area contributed by atoms with Gasteiger partial charge in [0.15, 0.2) is 11.6 Å². The van der Waals surface area contributed by atoms with Crippen LogP contribution < -0.4 is 4.90 Å². The molecule has 4 aromatic rings. The third-order valence-electron chi connectivity index (χ3n) is 5.79.